The van der Waals surface area contributed by atoms with Crippen LogP contribution in [-0.2, 0) is 14.3 Å². The highest BCUT2D eigenvalue weighted by molar-refractivity contribution is 5.69. The Hall–Kier alpha value is -1.56. The molecule has 0 radical (unpaired) electrons. The molecule has 1 amide bonds. The Morgan fingerprint density at radius 3 is 1.88 bits per heavy atom. The topological polar surface area (TPSA) is 67.9 Å². The lowest BCUT2D eigenvalue weighted by atomic mass is 10.1. The number of hydrogen-bond donors (Lipinski definition) is 1. The molecule has 0 saturated heterocycles. The van der Waals surface area contributed by atoms with Crippen molar-refractivity contribution in [3.05, 3.63) is 12.2 Å². The monoisotopic (exact) mass is 468 g/mol. The molecule has 0 rings (SSSR count). The number of unbranched alkanes of at least 4 members (excludes halogenated alkanes) is 12. The number of likely N-dealkylation sites (N-methyl/N-ethyl adjacent to an activating group) is 1. The first-order valence-electron chi connectivity index (χ1n) is 13.4. The lowest BCUT2D eigenvalue weighted by Crippen LogP contribution is -2.31. The molecule has 194 valence electrons. The number of ether oxygens (including phenoxy) is 2. The summed E-state index contributed by atoms with van der Waals surface area (Å²) in [6, 6.07) is 0. The molecule has 0 spiro atoms. The van der Waals surface area contributed by atoms with Crippen LogP contribution in [0.4, 0.5) is 4.79 Å². The lowest BCUT2D eigenvalue weighted by molar-refractivity contribution is -0.143. The first-order valence-corrected chi connectivity index (χ1v) is 13.4. The van der Waals surface area contributed by atoms with Crippen LogP contribution in [0.5, 0.6) is 0 Å². The SMILES string of the molecule is CCCCCCCC/C=C\CCCCCCCC(=O)OCCCCOC(=O)NCCN(C)C. The molecule has 1 N–H and O–H groups in total. The molecule has 0 aliphatic carbocycles. The number of carbonyl (C=O) groups excluding carboxylic acids is 2. The number of hydrogen-bond acceptors (Lipinski definition) is 5. The fourth-order valence-electron chi connectivity index (χ4n) is 3.40. The molecule has 0 bridgehead atoms. The molecule has 0 heterocycles. The maximum absolute atomic E-state index is 11.8. The number of carbonyl (C=O) groups is 2. The Balaban J connectivity index is 3.30. The summed E-state index contributed by atoms with van der Waals surface area (Å²) in [6.07, 6.45) is 22.5. The van der Waals surface area contributed by atoms with Crippen LogP contribution in [-0.4, -0.2) is 57.4 Å². The van der Waals surface area contributed by atoms with Crippen molar-refractivity contribution >= 4 is 12.1 Å². The molecule has 6 heteroatoms. The van der Waals surface area contributed by atoms with Gasteiger partial charge in [0.05, 0.1) is 13.2 Å². The van der Waals surface area contributed by atoms with Crippen molar-refractivity contribution in [2.24, 2.45) is 0 Å². The van der Waals surface area contributed by atoms with Crippen LogP contribution in [0.2, 0.25) is 0 Å². The first-order chi connectivity index (χ1) is 16.1. The highest BCUT2D eigenvalue weighted by atomic mass is 16.5. The van der Waals surface area contributed by atoms with E-state index in [4.69, 9.17) is 9.47 Å². The van der Waals surface area contributed by atoms with Gasteiger partial charge in [-0.1, -0.05) is 70.4 Å². The molecular formula is C27H52N2O4. The molecule has 33 heavy (non-hydrogen) atoms. The molecule has 0 aliphatic heterocycles. The third kappa shape index (κ3) is 26.6. The van der Waals surface area contributed by atoms with Crippen LogP contribution in [0.25, 0.3) is 0 Å². The molecule has 0 aromatic heterocycles. The minimum Gasteiger partial charge on any atom is -0.466 e. The fourth-order valence-corrected chi connectivity index (χ4v) is 3.40. The second-order valence-electron chi connectivity index (χ2n) is 9.13. The predicted molar refractivity (Wildman–Crippen MR) is 138 cm³/mol. The molecule has 0 unspecified atom stereocenters. The summed E-state index contributed by atoms with van der Waals surface area (Å²) in [4.78, 5) is 25.2. The summed E-state index contributed by atoms with van der Waals surface area (Å²) in [5, 5.41) is 2.69. The number of esters is 1. The van der Waals surface area contributed by atoms with Crippen molar-refractivity contribution < 1.29 is 19.1 Å². The van der Waals surface area contributed by atoms with E-state index in [2.05, 4.69) is 24.4 Å². The van der Waals surface area contributed by atoms with E-state index in [-0.39, 0.29) is 5.97 Å². The summed E-state index contributed by atoms with van der Waals surface area (Å²) in [5.74, 6) is -0.116. The van der Waals surface area contributed by atoms with Gasteiger partial charge in [-0.3, -0.25) is 4.79 Å². The zero-order valence-corrected chi connectivity index (χ0v) is 21.9. The summed E-state index contributed by atoms with van der Waals surface area (Å²) >= 11 is 0. The van der Waals surface area contributed by atoms with Gasteiger partial charge in [-0.2, -0.15) is 0 Å². The Bertz CT molecular complexity index is 481. The Labute approximate surface area is 203 Å². The molecule has 0 fully saturated rings. The van der Waals surface area contributed by atoms with Gasteiger partial charge in [0.2, 0.25) is 0 Å². The molecular weight excluding hydrogens is 416 g/mol. The van der Waals surface area contributed by atoms with Crippen molar-refractivity contribution in [3.8, 4) is 0 Å². The van der Waals surface area contributed by atoms with Gasteiger partial charge in [0, 0.05) is 19.5 Å². The second kappa shape index (κ2) is 25.1. The summed E-state index contributed by atoms with van der Waals surface area (Å²) in [7, 11) is 3.90. The van der Waals surface area contributed by atoms with Crippen molar-refractivity contribution in [1.29, 1.82) is 0 Å². The standard InChI is InChI=1S/C27H52N2O4/c1-4-5-6-7-8-9-10-11-12-13-14-15-16-17-18-21-26(30)32-24-19-20-25-33-27(31)28-22-23-29(2)3/h11-12H,4-10,13-25H2,1-3H3,(H,28,31)/b12-11-. The Morgan fingerprint density at radius 2 is 1.27 bits per heavy atom. The van der Waals surface area contributed by atoms with Crippen molar-refractivity contribution in [1.82, 2.24) is 10.2 Å². The third-order valence-electron chi connectivity index (χ3n) is 5.51. The summed E-state index contributed by atoms with van der Waals surface area (Å²) < 4.78 is 10.3. The molecule has 0 aromatic rings. The Morgan fingerprint density at radius 1 is 0.727 bits per heavy atom. The van der Waals surface area contributed by atoms with Gasteiger partial charge >= 0.3 is 12.1 Å². The van der Waals surface area contributed by atoms with Crippen LogP contribution in [0, 0.1) is 0 Å². The third-order valence-corrected chi connectivity index (χ3v) is 5.51. The number of rotatable bonds is 23. The summed E-state index contributed by atoms with van der Waals surface area (Å²) in [6.45, 7) is 4.36. The van der Waals surface area contributed by atoms with Gasteiger partial charge in [-0.05, 0) is 59.0 Å². The quantitative estimate of drug-likeness (QED) is 0.103. The smallest absolute Gasteiger partial charge is 0.407 e. The van der Waals surface area contributed by atoms with Crippen LogP contribution in [0.3, 0.4) is 0 Å². The predicted octanol–water partition coefficient (Wildman–Crippen LogP) is 6.64. The number of allylic oxidation sites excluding steroid dienone is 2. The van der Waals surface area contributed by atoms with Crippen LogP contribution in [0.1, 0.15) is 110 Å². The van der Waals surface area contributed by atoms with Crippen LogP contribution < -0.4 is 5.32 Å². The number of nitrogens with zero attached hydrogens (tertiary/aromatic N) is 1. The largest absolute Gasteiger partial charge is 0.466 e. The van der Waals surface area contributed by atoms with E-state index in [1.165, 1.54) is 70.6 Å². The van der Waals surface area contributed by atoms with Crippen LogP contribution in [0.15, 0.2) is 12.2 Å². The van der Waals surface area contributed by atoms with Crippen LogP contribution >= 0.6 is 0 Å². The average Bonchev–Trinajstić information content (AvgIpc) is 2.78. The van der Waals surface area contributed by atoms with Crippen molar-refractivity contribution in [3.63, 3.8) is 0 Å². The average molecular weight is 469 g/mol. The molecule has 0 atom stereocenters. The van der Waals surface area contributed by atoms with E-state index in [0.717, 1.165) is 19.4 Å². The zero-order chi connectivity index (χ0) is 24.4. The van der Waals surface area contributed by atoms with Gasteiger partial charge in [0.25, 0.3) is 0 Å². The molecule has 0 saturated carbocycles. The highest BCUT2D eigenvalue weighted by Gasteiger charge is 2.04. The van der Waals surface area contributed by atoms with Gasteiger partial charge < -0.3 is 19.7 Å². The van der Waals surface area contributed by atoms with Gasteiger partial charge in [0.15, 0.2) is 0 Å². The van der Waals surface area contributed by atoms with E-state index in [1.54, 1.807) is 0 Å². The normalized spacial score (nSPS) is 11.3. The maximum atomic E-state index is 11.8. The van der Waals surface area contributed by atoms with Crippen molar-refractivity contribution in [2.75, 3.05) is 40.4 Å². The number of alkyl carbamates (subject to hydrolysis) is 1. The van der Waals surface area contributed by atoms with E-state index in [9.17, 15) is 9.59 Å². The lowest BCUT2D eigenvalue weighted by Gasteiger charge is -2.10. The fraction of sp³-hybridized carbons (Fsp3) is 0.852. The van der Waals surface area contributed by atoms with Crippen molar-refractivity contribution in [2.45, 2.75) is 110 Å². The highest BCUT2D eigenvalue weighted by Crippen LogP contribution is 2.10. The summed E-state index contributed by atoms with van der Waals surface area (Å²) in [5.41, 5.74) is 0. The maximum Gasteiger partial charge on any atom is 0.407 e. The van der Waals surface area contributed by atoms with Gasteiger partial charge in [0.1, 0.15) is 0 Å². The minimum atomic E-state index is -0.391. The number of nitrogens with one attached hydrogen (secondary N) is 1. The van der Waals surface area contributed by atoms with E-state index < -0.39 is 6.09 Å². The van der Waals surface area contributed by atoms with Gasteiger partial charge in [-0.25, -0.2) is 4.79 Å². The molecule has 0 aromatic carbocycles. The Kier molecular flexibility index (Phi) is 23.9. The first kappa shape index (κ1) is 31.4. The van der Waals surface area contributed by atoms with E-state index in [0.29, 0.717) is 39.0 Å². The molecule has 0 aliphatic rings. The number of amides is 1. The van der Waals surface area contributed by atoms with Gasteiger partial charge in [-0.15, -0.1) is 0 Å². The van der Waals surface area contributed by atoms with E-state index >= 15 is 0 Å². The zero-order valence-electron chi connectivity index (χ0n) is 21.9. The van der Waals surface area contributed by atoms with E-state index in [1.807, 2.05) is 19.0 Å². The molecule has 6 nitrogen and oxygen atoms in total. The minimum absolute atomic E-state index is 0.116. The second-order valence-corrected chi connectivity index (χ2v) is 9.13.